The molecule has 0 radical (unpaired) electrons. The fourth-order valence-electron chi connectivity index (χ4n) is 2.63. The third kappa shape index (κ3) is 6.14. The van der Waals surface area contributed by atoms with E-state index in [-0.39, 0.29) is 18.4 Å². The summed E-state index contributed by atoms with van der Waals surface area (Å²) in [4.78, 5) is 27.8. The van der Waals surface area contributed by atoms with E-state index in [1.54, 1.807) is 6.08 Å². The Bertz CT molecular complexity index is 1170. The quantitative estimate of drug-likeness (QED) is 0.190. The zero-order valence-electron chi connectivity index (χ0n) is 16.5. The molecule has 1 fully saturated rings. The van der Waals surface area contributed by atoms with Gasteiger partial charge in [0.1, 0.15) is 10.9 Å². The molecule has 0 atom stereocenters. The third-order valence-electron chi connectivity index (χ3n) is 4.06. The highest BCUT2D eigenvalue weighted by Crippen LogP contribution is 2.33. The van der Waals surface area contributed by atoms with Crippen molar-refractivity contribution >= 4 is 91.8 Å². The number of nitrogens with one attached hydrogen (secondary N) is 1. The first-order chi connectivity index (χ1) is 15.6. The first-order valence-corrected chi connectivity index (χ1v) is 13.3. The maximum Gasteiger partial charge on any atom is 0.266 e. The molecule has 1 saturated heterocycles. The first kappa shape index (κ1) is 22.9. The molecule has 1 aromatic carbocycles. The summed E-state index contributed by atoms with van der Waals surface area (Å²) >= 11 is 10.9. The van der Waals surface area contributed by atoms with Crippen molar-refractivity contribution in [2.75, 3.05) is 17.6 Å². The zero-order valence-corrected chi connectivity index (χ0v) is 20.5. The highest BCUT2D eigenvalue weighted by molar-refractivity contribution is 8.26. The van der Waals surface area contributed by atoms with Gasteiger partial charge in [-0.1, -0.05) is 95.6 Å². The average Bonchev–Trinajstić information content (AvgIpc) is 3.51. The lowest BCUT2D eigenvalue weighted by molar-refractivity contribution is -0.126. The monoisotopic (exact) mass is 516 g/mol. The number of amides is 2. The number of rotatable bonds is 8. The number of carbonyl (C=O) groups is 2. The van der Waals surface area contributed by atoms with Gasteiger partial charge >= 0.3 is 0 Å². The molecule has 1 aliphatic rings. The number of thiocarbonyl (C=S) groups is 1. The average molecular weight is 517 g/mol. The van der Waals surface area contributed by atoms with E-state index in [0.717, 1.165) is 20.5 Å². The van der Waals surface area contributed by atoms with Crippen molar-refractivity contribution in [2.24, 2.45) is 0 Å². The van der Waals surface area contributed by atoms with Crippen LogP contribution in [0.4, 0.5) is 5.13 Å². The number of nitrogens with zero attached hydrogens (tertiary/aromatic N) is 3. The maximum atomic E-state index is 12.6. The molecular weight excluding hydrogens is 501 g/mol. The fraction of sp³-hybridized carbons (Fsp3) is 0.0952. The second-order valence-electron chi connectivity index (χ2n) is 6.33. The molecule has 0 spiro atoms. The predicted octanol–water partition coefficient (Wildman–Crippen LogP) is 5.25. The number of benzene rings is 1. The van der Waals surface area contributed by atoms with E-state index < -0.39 is 0 Å². The minimum atomic E-state index is -0.365. The van der Waals surface area contributed by atoms with Gasteiger partial charge in [-0.2, -0.15) is 0 Å². The first-order valence-electron chi connectivity index (χ1n) is 9.35. The summed E-state index contributed by atoms with van der Waals surface area (Å²) in [5.74, 6) is 0.113. The molecule has 0 aliphatic carbocycles. The van der Waals surface area contributed by atoms with Crippen LogP contribution in [-0.2, 0) is 9.59 Å². The van der Waals surface area contributed by atoms with Crippen LogP contribution in [0, 0.1) is 0 Å². The van der Waals surface area contributed by atoms with Gasteiger partial charge in [0.2, 0.25) is 11.0 Å². The van der Waals surface area contributed by atoms with Crippen LogP contribution in [0.3, 0.4) is 0 Å². The van der Waals surface area contributed by atoms with Crippen molar-refractivity contribution < 1.29 is 9.59 Å². The molecule has 2 amide bonds. The molecule has 6 nitrogen and oxygen atoms in total. The summed E-state index contributed by atoms with van der Waals surface area (Å²) in [6.45, 7) is -0.158. The number of aromatic nitrogens is 2. The summed E-state index contributed by atoms with van der Waals surface area (Å²) in [5, 5.41) is 13.1. The fourth-order valence-corrected chi connectivity index (χ4v) is 6.21. The molecule has 162 valence electrons. The lowest BCUT2D eigenvalue weighted by atomic mass is 10.2. The molecule has 1 N–H and O–H groups in total. The van der Waals surface area contributed by atoms with Crippen LogP contribution in [-0.4, -0.2) is 43.5 Å². The van der Waals surface area contributed by atoms with Gasteiger partial charge in [-0.05, 0) is 23.1 Å². The van der Waals surface area contributed by atoms with Crippen molar-refractivity contribution in [3.8, 4) is 0 Å². The van der Waals surface area contributed by atoms with Gasteiger partial charge < -0.3 is 0 Å². The molecular formula is C21H16N4O2S5. The molecule has 0 unspecified atom stereocenters. The van der Waals surface area contributed by atoms with E-state index in [1.807, 2.05) is 53.9 Å². The van der Waals surface area contributed by atoms with Gasteiger partial charge in [0.15, 0.2) is 4.34 Å². The highest BCUT2D eigenvalue weighted by Gasteiger charge is 2.33. The Labute approximate surface area is 206 Å². The van der Waals surface area contributed by atoms with Gasteiger partial charge in [-0.25, -0.2) is 0 Å². The Kier molecular flexibility index (Phi) is 7.87. The van der Waals surface area contributed by atoms with Crippen LogP contribution in [0.1, 0.15) is 10.4 Å². The Morgan fingerprint density at radius 2 is 2.03 bits per heavy atom. The molecule has 1 aliphatic heterocycles. The standard InChI is InChI=1S/C21H16N4O2S5/c26-17(13-25-18(27)16(31-21(25)28)12-15-9-5-10-29-15)22-19-23-24-20(32-19)30-11-4-8-14-6-2-1-3-7-14/h1-10,12H,11,13H2,(H,22,23,26)/b8-4+,16-12+. The second kappa shape index (κ2) is 11.0. The topological polar surface area (TPSA) is 75.2 Å². The van der Waals surface area contributed by atoms with Crippen LogP contribution >= 0.6 is 58.4 Å². The molecule has 0 saturated carbocycles. The highest BCUT2D eigenvalue weighted by atomic mass is 32.2. The predicted molar refractivity (Wildman–Crippen MR) is 139 cm³/mol. The van der Waals surface area contributed by atoms with Crippen LogP contribution in [0.2, 0.25) is 0 Å². The van der Waals surface area contributed by atoms with Gasteiger partial charge in [0.25, 0.3) is 5.91 Å². The maximum absolute atomic E-state index is 12.6. The van der Waals surface area contributed by atoms with E-state index in [4.69, 9.17) is 12.2 Å². The van der Waals surface area contributed by atoms with E-state index in [9.17, 15) is 9.59 Å². The van der Waals surface area contributed by atoms with Crippen molar-refractivity contribution in [1.29, 1.82) is 0 Å². The number of carbonyl (C=O) groups excluding carboxylic acids is 2. The van der Waals surface area contributed by atoms with Crippen LogP contribution < -0.4 is 5.32 Å². The van der Waals surface area contributed by atoms with Gasteiger partial charge in [-0.3, -0.25) is 19.8 Å². The number of thiophene rings is 1. The van der Waals surface area contributed by atoms with E-state index in [2.05, 4.69) is 21.6 Å². The van der Waals surface area contributed by atoms with Crippen LogP contribution in [0.5, 0.6) is 0 Å². The van der Waals surface area contributed by atoms with Crippen LogP contribution in [0.15, 0.2) is 63.2 Å². The largest absolute Gasteiger partial charge is 0.299 e. The summed E-state index contributed by atoms with van der Waals surface area (Å²) in [6.07, 6.45) is 5.90. The van der Waals surface area contributed by atoms with Gasteiger partial charge in [0.05, 0.1) is 4.91 Å². The van der Waals surface area contributed by atoms with Crippen molar-refractivity contribution in [3.05, 3.63) is 69.3 Å². The van der Waals surface area contributed by atoms with Crippen molar-refractivity contribution in [1.82, 2.24) is 15.1 Å². The molecule has 4 rings (SSSR count). The minimum absolute atomic E-state index is 0.158. The third-order valence-corrected chi connectivity index (χ3v) is 8.18. The smallest absolute Gasteiger partial charge is 0.266 e. The zero-order chi connectivity index (χ0) is 22.3. The molecule has 3 aromatic rings. The Morgan fingerprint density at radius 1 is 1.19 bits per heavy atom. The summed E-state index contributed by atoms with van der Waals surface area (Å²) < 4.78 is 1.12. The molecule has 32 heavy (non-hydrogen) atoms. The lowest BCUT2D eigenvalue weighted by Crippen LogP contribution is -2.36. The minimum Gasteiger partial charge on any atom is -0.299 e. The van der Waals surface area contributed by atoms with E-state index >= 15 is 0 Å². The Balaban J connectivity index is 1.27. The van der Waals surface area contributed by atoms with E-state index in [0.29, 0.717) is 14.4 Å². The van der Waals surface area contributed by atoms with E-state index in [1.165, 1.54) is 51.1 Å². The van der Waals surface area contributed by atoms with Crippen molar-refractivity contribution in [3.63, 3.8) is 0 Å². The normalized spacial score (nSPS) is 15.2. The second-order valence-corrected chi connectivity index (χ2v) is 11.2. The molecule has 2 aromatic heterocycles. The number of thioether (sulfide) groups is 2. The molecule has 0 bridgehead atoms. The SMILES string of the molecule is O=C(CN1C(=O)/C(=C\c2cccs2)SC1=S)Nc1nnc(SC/C=C/c2ccccc2)s1. The summed E-state index contributed by atoms with van der Waals surface area (Å²) in [7, 11) is 0. The van der Waals surface area contributed by atoms with Crippen molar-refractivity contribution in [2.45, 2.75) is 4.34 Å². The molecule has 11 heteroatoms. The number of hydrogen-bond donors (Lipinski definition) is 1. The summed E-state index contributed by atoms with van der Waals surface area (Å²) in [6, 6.07) is 13.9. The van der Waals surface area contributed by atoms with Crippen LogP contribution in [0.25, 0.3) is 12.2 Å². The summed E-state index contributed by atoms with van der Waals surface area (Å²) in [5.41, 5.74) is 1.14. The molecule has 3 heterocycles. The Hall–Kier alpha value is -2.31. The number of anilines is 1. The number of hydrogen-bond acceptors (Lipinski definition) is 9. The lowest BCUT2D eigenvalue weighted by Gasteiger charge is -2.12. The Morgan fingerprint density at radius 3 is 2.81 bits per heavy atom. The van der Waals surface area contributed by atoms with Gasteiger partial charge in [-0.15, -0.1) is 21.5 Å². The van der Waals surface area contributed by atoms with Gasteiger partial charge in [0, 0.05) is 10.6 Å².